The molecule has 0 atom stereocenters. The predicted octanol–water partition coefficient (Wildman–Crippen LogP) is 3.78. The van der Waals surface area contributed by atoms with Gasteiger partial charge in [0.2, 0.25) is 0 Å². The zero-order valence-corrected chi connectivity index (χ0v) is 12.6. The van der Waals surface area contributed by atoms with E-state index in [4.69, 9.17) is 0 Å². The predicted molar refractivity (Wildman–Crippen MR) is 82.8 cm³/mol. The molecule has 3 aromatic rings. The summed E-state index contributed by atoms with van der Waals surface area (Å²) < 4.78 is 14.0. The molecule has 0 amide bonds. The highest BCUT2D eigenvalue weighted by Gasteiger charge is 2.05. The van der Waals surface area contributed by atoms with Crippen molar-refractivity contribution in [2.24, 2.45) is 0 Å². The summed E-state index contributed by atoms with van der Waals surface area (Å²) in [5, 5.41) is 11.7. The maximum absolute atomic E-state index is 13.2. The Morgan fingerprint density at radius 1 is 1.14 bits per heavy atom. The van der Waals surface area contributed by atoms with E-state index in [0.29, 0.717) is 12.2 Å². The molecule has 1 N–H and O–H groups in total. The quantitative estimate of drug-likeness (QED) is 0.781. The third kappa shape index (κ3) is 3.28. The van der Waals surface area contributed by atoms with Crippen LogP contribution in [-0.4, -0.2) is 15.0 Å². The van der Waals surface area contributed by atoms with Gasteiger partial charge in [0.15, 0.2) is 0 Å². The molecule has 6 heteroatoms. The molecule has 2 aromatic carbocycles. The van der Waals surface area contributed by atoms with Crippen LogP contribution in [0.5, 0.6) is 0 Å². The summed E-state index contributed by atoms with van der Waals surface area (Å²) in [6.07, 6.45) is 1.69. The van der Waals surface area contributed by atoms with Crippen LogP contribution in [-0.2, 0) is 6.54 Å². The molecule has 0 saturated carbocycles. The maximum atomic E-state index is 13.2. The van der Waals surface area contributed by atoms with Crippen LogP contribution in [0.4, 0.5) is 10.1 Å². The van der Waals surface area contributed by atoms with Crippen LogP contribution in [0.2, 0.25) is 0 Å². The maximum Gasteiger partial charge on any atom is 0.125 e. The molecule has 0 aliphatic rings. The van der Waals surface area contributed by atoms with Crippen molar-refractivity contribution in [1.29, 1.82) is 0 Å². The van der Waals surface area contributed by atoms with E-state index >= 15 is 0 Å². The largest absolute Gasteiger partial charge is 0.378 e. The van der Waals surface area contributed by atoms with Crippen molar-refractivity contribution >= 4 is 21.6 Å². The number of nitrogens with zero attached hydrogens (tertiary/aromatic N) is 3. The van der Waals surface area contributed by atoms with Gasteiger partial charge in [-0.25, -0.2) is 4.39 Å². The van der Waals surface area contributed by atoms with E-state index in [9.17, 15) is 4.39 Å². The first-order chi connectivity index (χ1) is 10.2. The van der Waals surface area contributed by atoms with Crippen LogP contribution in [0.1, 0.15) is 5.69 Å². The highest BCUT2D eigenvalue weighted by Crippen LogP contribution is 2.23. The molecular formula is C15H12BrFN4. The first-order valence-electron chi connectivity index (χ1n) is 6.38. The normalized spacial score (nSPS) is 10.6. The highest BCUT2D eigenvalue weighted by molar-refractivity contribution is 9.10. The first-order valence-corrected chi connectivity index (χ1v) is 7.17. The summed E-state index contributed by atoms with van der Waals surface area (Å²) in [6, 6.07) is 14.2. The zero-order chi connectivity index (χ0) is 14.7. The fourth-order valence-electron chi connectivity index (χ4n) is 1.88. The van der Waals surface area contributed by atoms with Gasteiger partial charge in [0.05, 0.1) is 24.1 Å². The van der Waals surface area contributed by atoms with E-state index in [1.165, 1.54) is 12.1 Å². The molecule has 21 heavy (non-hydrogen) atoms. The van der Waals surface area contributed by atoms with Gasteiger partial charge < -0.3 is 5.32 Å². The standard InChI is InChI=1S/C15H12BrFN4/c16-14-7-6-11(17)8-15(14)18-9-12-10-19-21(20-12)13-4-2-1-3-5-13/h1-8,10,18H,9H2. The van der Waals surface area contributed by atoms with Crippen molar-refractivity contribution in [3.63, 3.8) is 0 Å². The molecule has 1 heterocycles. The molecule has 0 saturated heterocycles. The van der Waals surface area contributed by atoms with Crippen LogP contribution in [0.25, 0.3) is 5.69 Å². The number of nitrogens with one attached hydrogen (secondary N) is 1. The van der Waals surface area contributed by atoms with Gasteiger partial charge in [-0.05, 0) is 46.3 Å². The summed E-state index contributed by atoms with van der Waals surface area (Å²) in [5.74, 6) is -0.284. The Bertz CT molecular complexity index is 742. The Morgan fingerprint density at radius 2 is 1.95 bits per heavy atom. The molecule has 106 valence electrons. The molecule has 3 rings (SSSR count). The lowest BCUT2D eigenvalue weighted by atomic mass is 10.3. The monoisotopic (exact) mass is 346 g/mol. The average molecular weight is 347 g/mol. The molecule has 0 bridgehead atoms. The molecule has 0 aliphatic heterocycles. The second kappa shape index (κ2) is 6.05. The molecule has 1 aromatic heterocycles. The Hall–Kier alpha value is -2.21. The number of anilines is 1. The average Bonchev–Trinajstić information content (AvgIpc) is 2.98. The minimum absolute atomic E-state index is 0.284. The number of hydrogen-bond acceptors (Lipinski definition) is 3. The van der Waals surface area contributed by atoms with E-state index in [2.05, 4.69) is 31.4 Å². The number of halogens is 2. The Labute approximate surface area is 129 Å². The molecular weight excluding hydrogens is 335 g/mol. The van der Waals surface area contributed by atoms with Gasteiger partial charge in [0.1, 0.15) is 11.5 Å². The van der Waals surface area contributed by atoms with E-state index in [0.717, 1.165) is 15.9 Å². The van der Waals surface area contributed by atoms with Crippen molar-refractivity contribution in [3.8, 4) is 5.69 Å². The summed E-state index contributed by atoms with van der Waals surface area (Å²) >= 11 is 3.38. The lowest BCUT2D eigenvalue weighted by molar-refractivity contribution is 0.628. The van der Waals surface area contributed by atoms with E-state index in [-0.39, 0.29) is 5.82 Å². The van der Waals surface area contributed by atoms with E-state index < -0.39 is 0 Å². The van der Waals surface area contributed by atoms with Gasteiger partial charge in [0, 0.05) is 4.47 Å². The van der Waals surface area contributed by atoms with Crippen molar-refractivity contribution in [3.05, 3.63) is 70.7 Å². The topological polar surface area (TPSA) is 42.7 Å². The Morgan fingerprint density at radius 3 is 2.76 bits per heavy atom. The Balaban J connectivity index is 1.72. The van der Waals surface area contributed by atoms with Crippen LogP contribution in [0.3, 0.4) is 0 Å². The van der Waals surface area contributed by atoms with Gasteiger partial charge >= 0.3 is 0 Å². The summed E-state index contributed by atoms with van der Waals surface area (Å²) in [4.78, 5) is 1.57. The Kier molecular flexibility index (Phi) is 3.96. The SMILES string of the molecule is Fc1ccc(Br)c(NCc2cnn(-c3ccccc3)n2)c1. The third-order valence-electron chi connectivity index (χ3n) is 2.91. The van der Waals surface area contributed by atoms with Gasteiger partial charge in [0.25, 0.3) is 0 Å². The summed E-state index contributed by atoms with van der Waals surface area (Å²) in [5.41, 5.74) is 2.36. The molecule has 0 fully saturated rings. The smallest absolute Gasteiger partial charge is 0.125 e. The first kappa shape index (κ1) is 13.8. The van der Waals surface area contributed by atoms with Crippen LogP contribution in [0.15, 0.2) is 59.2 Å². The minimum atomic E-state index is -0.284. The fraction of sp³-hybridized carbons (Fsp3) is 0.0667. The lowest BCUT2D eigenvalue weighted by Crippen LogP contribution is -2.03. The number of para-hydroxylation sites is 1. The molecule has 0 unspecified atom stereocenters. The van der Waals surface area contributed by atoms with Crippen LogP contribution >= 0.6 is 15.9 Å². The number of aromatic nitrogens is 3. The zero-order valence-electron chi connectivity index (χ0n) is 11.0. The second-order valence-electron chi connectivity index (χ2n) is 4.44. The molecule has 4 nitrogen and oxygen atoms in total. The van der Waals surface area contributed by atoms with Gasteiger partial charge in [-0.2, -0.15) is 15.0 Å². The van der Waals surface area contributed by atoms with E-state index in [1.807, 2.05) is 30.3 Å². The van der Waals surface area contributed by atoms with Gasteiger partial charge in [-0.15, -0.1) is 0 Å². The summed E-state index contributed by atoms with van der Waals surface area (Å²) in [7, 11) is 0. The number of benzene rings is 2. The van der Waals surface area contributed by atoms with Gasteiger partial charge in [-0.3, -0.25) is 0 Å². The second-order valence-corrected chi connectivity index (χ2v) is 5.29. The third-order valence-corrected chi connectivity index (χ3v) is 3.61. The highest BCUT2D eigenvalue weighted by atomic mass is 79.9. The van der Waals surface area contributed by atoms with Crippen molar-refractivity contribution in [2.75, 3.05) is 5.32 Å². The summed E-state index contributed by atoms with van der Waals surface area (Å²) in [6.45, 7) is 0.467. The van der Waals surface area contributed by atoms with Crippen LogP contribution in [0, 0.1) is 5.82 Å². The molecule has 0 radical (unpaired) electrons. The lowest BCUT2D eigenvalue weighted by Gasteiger charge is -2.06. The number of hydrogen-bond donors (Lipinski definition) is 1. The molecule has 0 aliphatic carbocycles. The minimum Gasteiger partial charge on any atom is -0.378 e. The van der Waals surface area contributed by atoms with Crippen molar-refractivity contribution < 1.29 is 4.39 Å². The molecule has 0 spiro atoms. The van der Waals surface area contributed by atoms with Crippen molar-refractivity contribution in [2.45, 2.75) is 6.54 Å². The number of rotatable bonds is 4. The fourth-order valence-corrected chi connectivity index (χ4v) is 2.27. The van der Waals surface area contributed by atoms with Crippen molar-refractivity contribution in [1.82, 2.24) is 15.0 Å². The van der Waals surface area contributed by atoms with E-state index in [1.54, 1.807) is 17.1 Å². The van der Waals surface area contributed by atoms with Gasteiger partial charge in [-0.1, -0.05) is 18.2 Å². The van der Waals surface area contributed by atoms with Crippen LogP contribution < -0.4 is 5.32 Å².